The molecule has 2 aliphatic rings. The number of piperazine rings is 1. The second-order valence-corrected chi connectivity index (χ2v) is 9.84. The molecule has 0 bridgehead atoms. The molecule has 1 N–H and O–H groups in total. The van der Waals surface area contributed by atoms with E-state index in [4.69, 9.17) is 16.6 Å². The molecule has 0 saturated carbocycles. The Labute approximate surface area is 215 Å². The number of benzene rings is 3. The lowest BCUT2D eigenvalue weighted by molar-refractivity contribution is -0.129. The molecule has 2 aliphatic heterocycles. The number of amides is 1. The summed E-state index contributed by atoms with van der Waals surface area (Å²) in [4.78, 5) is 23.3. The van der Waals surface area contributed by atoms with Gasteiger partial charge in [-0.3, -0.25) is 14.3 Å². The van der Waals surface area contributed by atoms with E-state index < -0.39 is 0 Å². The maximum Gasteiger partial charge on any atom is 0.254 e. The number of anilines is 1. The zero-order chi connectivity index (χ0) is 24.6. The highest BCUT2D eigenvalue weighted by Crippen LogP contribution is 2.41. The Morgan fingerprint density at radius 1 is 0.944 bits per heavy atom. The van der Waals surface area contributed by atoms with Crippen molar-refractivity contribution in [1.82, 2.24) is 19.4 Å². The van der Waals surface area contributed by atoms with Gasteiger partial charge in [-0.2, -0.15) is 0 Å². The highest BCUT2D eigenvalue weighted by atomic mass is 35.5. The van der Waals surface area contributed by atoms with Gasteiger partial charge >= 0.3 is 0 Å². The lowest BCUT2D eigenvalue weighted by atomic mass is 9.93. The minimum Gasteiger partial charge on any atom is -0.336 e. The second kappa shape index (κ2) is 9.45. The number of hydrogen-bond donors (Lipinski definition) is 1. The number of halogens is 1. The highest BCUT2D eigenvalue weighted by molar-refractivity contribution is 6.31. The van der Waals surface area contributed by atoms with Crippen LogP contribution in [0.15, 0.2) is 90.1 Å². The number of nitrogens with one attached hydrogen (secondary N) is 1. The highest BCUT2D eigenvalue weighted by Gasteiger charge is 2.37. The third-order valence-corrected chi connectivity index (χ3v) is 7.51. The molecule has 3 heterocycles. The molecule has 6 rings (SSSR count). The standard InChI is InChI=1S/C29H28ClN5O/c1-20-26(28(36)34-17-15-33(16-18-34)19-21-9-3-2-4-10-21)27(22-11-5-6-12-23(22)30)35-25-14-8-7-13-24(25)32-29(35)31-20/h2-14,27H,15-19H2,1H3,(H,31,32). The maximum atomic E-state index is 14.1. The number of rotatable bonds is 4. The van der Waals surface area contributed by atoms with Crippen LogP contribution in [-0.4, -0.2) is 51.4 Å². The Bertz CT molecular complexity index is 1450. The van der Waals surface area contributed by atoms with Gasteiger partial charge in [0.2, 0.25) is 5.95 Å². The number of para-hydroxylation sites is 2. The van der Waals surface area contributed by atoms with E-state index in [-0.39, 0.29) is 11.9 Å². The predicted octanol–water partition coefficient (Wildman–Crippen LogP) is 5.32. The summed E-state index contributed by atoms with van der Waals surface area (Å²) in [6, 6.07) is 25.9. The number of fused-ring (bicyclic) bond motifs is 3. The van der Waals surface area contributed by atoms with Crippen molar-refractivity contribution in [2.24, 2.45) is 0 Å². The van der Waals surface area contributed by atoms with E-state index in [0.29, 0.717) is 18.1 Å². The van der Waals surface area contributed by atoms with Crippen molar-refractivity contribution in [3.05, 3.63) is 106 Å². The Morgan fingerprint density at radius 3 is 2.42 bits per heavy atom. The number of aromatic nitrogens is 2. The average molecular weight is 498 g/mol. The summed E-state index contributed by atoms with van der Waals surface area (Å²) >= 11 is 6.73. The molecular formula is C29H28ClN5O. The van der Waals surface area contributed by atoms with Gasteiger partial charge in [0.15, 0.2) is 0 Å². The van der Waals surface area contributed by atoms with Gasteiger partial charge in [0.1, 0.15) is 0 Å². The first kappa shape index (κ1) is 22.8. The molecule has 1 fully saturated rings. The number of allylic oxidation sites excluding steroid dienone is 1. The molecule has 0 spiro atoms. The molecule has 1 atom stereocenters. The largest absolute Gasteiger partial charge is 0.336 e. The van der Waals surface area contributed by atoms with E-state index in [1.807, 2.05) is 66.4 Å². The Morgan fingerprint density at radius 2 is 1.64 bits per heavy atom. The van der Waals surface area contributed by atoms with Crippen LogP contribution in [0.2, 0.25) is 5.02 Å². The molecule has 1 amide bonds. The van der Waals surface area contributed by atoms with Crippen LogP contribution in [0.5, 0.6) is 0 Å². The molecule has 1 unspecified atom stereocenters. The van der Waals surface area contributed by atoms with Crippen molar-refractivity contribution in [3.63, 3.8) is 0 Å². The van der Waals surface area contributed by atoms with Crippen LogP contribution in [0.3, 0.4) is 0 Å². The van der Waals surface area contributed by atoms with E-state index in [2.05, 4.69) is 39.0 Å². The van der Waals surface area contributed by atoms with E-state index >= 15 is 0 Å². The molecule has 4 aromatic rings. The molecular weight excluding hydrogens is 470 g/mol. The van der Waals surface area contributed by atoms with Crippen molar-refractivity contribution in [1.29, 1.82) is 0 Å². The third-order valence-electron chi connectivity index (χ3n) is 7.17. The molecule has 0 radical (unpaired) electrons. The van der Waals surface area contributed by atoms with Gasteiger partial charge in [0, 0.05) is 43.4 Å². The molecule has 36 heavy (non-hydrogen) atoms. The van der Waals surface area contributed by atoms with Gasteiger partial charge in [-0.15, -0.1) is 0 Å². The van der Waals surface area contributed by atoms with E-state index in [1.54, 1.807) is 0 Å². The van der Waals surface area contributed by atoms with Gasteiger partial charge in [0.05, 0.1) is 22.6 Å². The summed E-state index contributed by atoms with van der Waals surface area (Å²) in [7, 11) is 0. The summed E-state index contributed by atoms with van der Waals surface area (Å²) < 4.78 is 2.11. The van der Waals surface area contributed by atoms with Crippen LogP contribution in [-0.2, 0) is 11.3 Å². The molecule has 3 aromatic carbocycles. The number of hydrogen-bond acceptors (Lipinski definition) is 4. The second-order valence-electron chi connectivity index (χ2n) is 9.44. The first-order valence-electron chi connectivity index (χ1n) is 12.3. The Kier molecular flexibility index (Phi) is 5.99. The normalized spacial score (nSPS) is 18.3. The van der Waals surface area contributed by atoms with Crippen molar-refractivity contribution < 1.29 is 4.79 Å². The van der Waals surface area contributed by atoms with Crippen LogP contribution in [0, 0.1) is 0 Å². The summed E-state index contributed by atoms with van der Waals surface area (Å²) in [6.07, 6.45) is 0. The van der Waals surface area contributed by atoms with Crippen molar-refractivity contribution in [2.75, 3.05) is 31.5 Å². The first-order valence-corrected chi connectivity index (χ1v) is 12.7. The third kappa shape index (κ3) is 4.06. The summed E-state index contributed by atoms with van der Waals surface area (Å²) in [5.74, 6) is 0.774. The van der Waals surface area contributed by atoms with Gasteiger partial charge in [-0.1, -0.05) is 72.3 Å². The SMILES string of the molecule is CC1=C(C(=O)N2CCN(Cc3ccccc3)CC2)C(c2ccccc2Cl)n2c(nc3ccccc32)N1. The quantitative estimate of drug-likeness (QED) is 0.414. The zero-order valence-electron chi connectivity index (χ0n) is 20.2. The van der Waals surface area contributed by atoms with Crippen LogP contribution in [0.4, 0.5) is 5.95 Å². The maximum absolute atomic E-state index is 14.1. The molecule has 7 heteroatoms. The Hall–Kier alpha value is -3.61. The average Bonchev–Trinajstić information content (AvgIpc) is 3.27. The molecule has 0 aliphatic carbocycles. The monoisotopic (exact) mass is 497 g/mol. The fourth-order valence-corrected chi connectivity index (χ4v) is 5.59. The minimum atomic E-state index is -0.364. The molecule has 6 nitrogen and oxygen atoms in total. The van der Waals surface area contributed by atoms with Crippen molar-refractivity contribution in [2.45, 2.75) is 19.5 Å². The number of carbonyl (C=O) groups is 1. The molecule has 1 aromatic heterocycles. The summed E-state index contributed by atoms with van der Waals surface area (Å²) in [5.41, 5.74) is 5.58. The fraction of sp³-hybridized carbons (Fsp3) is 0.241. The van der Waals surface area contributed by atoms with Crippen molar-refractivity contribution in [3.8, 4) is 0 Å². The van der Waals surface area contributed by atoms with Gasteiger partial charge in [0.25, 0.3) is 5.91 Å². The topological polar surface area (TPSA) is 53.4 Å². The predicted molar refractivity (Wildman–Crippen MR) is 144 cm³/mol. The summed E-state index contributed by atoms with van der Waals surface area (Å²) in [6.45, 7) is 5.93. The number of carbonyl (C=O) groups excluding carboxylic acids is 1. The summed E-state index contributed by atoms with van der Waals surface area (Å²) in [5, 5.41) is 4.05. The van der Waals surface area contributed by atoms with Crippen LogP contribution >= 0.6 is 11.6 Å². The van der Waals surface area contributed by atoms with Gasteiger partial charge < -0.3 is 10.2 Å². The van der Waals surface area contributed by atoms with Gasteiger partial charge in [-0.05, 0) is 36.2 Å². The van der Waals surface area contributed by atoms with Crippen LogP contribution in [0.25, 0.3) is 11.0 Å². The number of nitrogens with zero attached hydrogens (tertiary/aromatic N) is 4. The van der Waals surface area contributed by atoms with Crippen LogP contribution in [0.1, 0.15) is 24.1 Å². The first-order chi connectivity index (χ1) is 17.6. The lowest BCUT2D eigenvalue weighted by Crippen LogP contribution is -2.49. The van der Waals surface area contributed by atoms with Crippen molar-refractivity contribution >= 4 is 34.5 Å². The van der Waals surface area contributed by atoms with E-state index in [1.165, 1.54) is 5.56 Å². The van der Waals surface area contributed by atoms with Gasteiger partial charge in [-0.25, -0.2) is 4.98 Å². The smallest absolute Gasteiger partial charge is 0.254 e. The molecule has 182 valence electrons. The van der Waals surface area contributed by atoms with E-state index in [0.717, 1.165) is 53.4 Å². The zero-order valence-corrected chi connectivity index (χ0v) is 20.9. The van der Waals surface area contributed by atoms with E-state index in [9.17, 15) is 4.79 Å². The fourth-order valence-electron chi connectivity index (χ4n) is 5.35. The molecule has 1 saturated heterocycles. The van der Waals surface area contributed by atoms with Crippen LogP contribution < -0.4 is 5.32 Å². The minimum absolute atomic E-state index is 0.0488. The lowest BCUT2D eigenvalue weighted by Gasteiger charge is -2.38. The Balaban J connectivity index is 1.33. The number of imidazole rings is 1.